The lowest BCUT2D eigenvalue weighted by atomic mass is 9.95. The average molecular weight is 163 g/mol. The smallest absolute Gasteiger partial charge is 0.212 e. The van der Waals surface area contributed by atoms with Crippen LogP contribution in [-0.4, -0.2) is 4.98 Å². The molecular weight excluding hydrogens is 150 g/mol. The molecule has 2 nitrogen and oxygen atoms in total. The summed E-state index contributed by atoms with van der Waals surface area (Å²) >= 11 is 0. The van der Waals surface area contributed by atoms with Crippen molar-refractivity contribution in [2.75, 3.05) is 0 Å². The van der Waals surface area contributed by atoms with Crippen molar-refractivity contribution in [3.63, 3.8) is 0 Å². The fourth-order valence-electron chi connectivity index (χ4n) is 0.802. The first-order chi connectivity index (χ1) is 5.47. The van der Waals surface area contributed by atoms with E-state index in [-0.39, 0.29) is 0 Å². The maximum atomic E-state index is 5.42. The van der Waals surface area contributed by atoms with Crippen molar-refractivity contribution in [1.82, 2.24) is 4.98 Å². The summed E-state index contributed by atoms with van der Waals surface area (Å²) in [6, 6.07) is 0. The molecule has 0 fully saturated rings. The zero-order chi connectivity index (χ0) is 9.35. The summed E-state index contributed by atoms with van der Waals surface area (Å²) in [6.45, 7) is 7.63. The van der Waals surface area contributed by atoms with Gasteiger partial charge in [0.05, 0.1) is 5.69 Å². The summed E-state index contributed by atoms with van der Waals surface area (Å²) in [5, 5.41) is 0. The second-order valence-electron chi connectivity index (χ2n) is 3.43. The van der Waals surface area contributed by atoms with Crippen LogP contribution in [0.5, 0.6) is 0 Å². The van der Waals surface area contributed by atoms with Gasteiger partial charge in [0.2, 0.25) is 5.89 Å². The van der Waals surface area contributed by atoms with Gasteiger partial charge in [0.1, 0.15) is 11.2 Å². The van der Waals surface area contributed by atoms with Gasteiger partial charge in [0, 0.05) is 0 Å². The van der Waals surface area contributed by atoms with Crippen LogP contribution in [0, 0.1) is 26.2 Å². The van der Waals surface area contributed by atoms with Crippen LogP contribution < -0.4 is 0 Å². The Bertz CT molecular complexity index is 309. The molecule has 0 bridgehead atoms. The lowest BCUT2D eigenvalue weighted by Gasteiger charge is -2.10. The monoisotopic (exact) mass is 163 g/mol. The molecular formula is C10H13NO. The number of nitrogens with zero attached hydrogens (tertiary/aromatic N) is 1. The van der Waals surface area contributed by atoms with Crippen molar-refractivity contribution in [1.29, 1.82) is 0 Å². The number of aromatic nitrogens is 1. The molecule has 1 heterocycles. The molecule has 0 amide bonds. The quantitative estimate of drug-likeness (QED) is 0.593. The minimum absolute atomic E-state index is 0.404. The molecule has 64 valence electrons. The summed E-state index contributed by atoms with van der Waals surface area (Å²) in [7, 11) is 0. The van der Waals surface area contributed by atoms with Crippen LogP contribution in [0.25, 0.3) is 0 Å². The first-order valence-electron chi connectivity index (χ1n) is 3.89. The summed E-state index contributed by atoms with van der Waals surface area (Å²) < 4.78 is 5.42. The molecule has 0 atom stereocenters. The van der Waals surface area contributed by atoms with E-state index in [1.54, 1.807) is 0 Å². The van der Waals surface area contributed by atoms with Gasteiger partial charge < -0.3 is 4.42 Å². The van der Waals surface area contributed by atoms with Gasteiger partial charge in [-0.3, -0.25) is 0 Å². The van der Waals surface area contributed by atoms with E-state index >= 15 is 0 Å². The highest BCUT2D eigenvalue weighted by molar-refractivity contribution is 5.21. The van der Waals surface area contributed by atoms with Crippen molar-refractivity contribution in [2.45, 2.75) is 33.1 Å². The van der Waals surface area contributed by atoms with Crippen LogP contribution in [-0.2, 0) is 5.41 Å². The van der Waals surface area contributed by atoms with Gasteiger partial charge in [-0.25, -0.2) is 4.98 Å². The third kappa shape index (κ3) is 1.35. The topological polar surface area (TPSA) is 26.0 Å². The lowest BCUT2D eigenvalue weighted by molar-refractivity contribution is 0.413. The Balaban J connectivity index is 3.14. The Morgan fingerprint density at radius 2 is 2.00 bits per heavy atom. The summed E-state index contributed by atoms with van der Waals surface area (Å²) in [5.74, 6) is 4.11. The maximum absolute atomic E-state index is 5.42. The largest absolute Gasteiger partial charge is 0.444 e. The number of oxazole rings is 1. The highest BCUT2D eigenvalue weighted by Gasteiger charge is 2.23. The van der Waals surface area contributed by atoms with E-state index in [4.69, 9.17) is 10.8 Å². The molecule has 0 radical (unpaired) electrons. The van der Waals surface area contributed by atoms with Crippen LogP contribution in [0.2, 0.25) is 0 Å². The van der Waals surface area contributed by atoms with Crippen molar-refractivity contribution in [2.24, 2.45) is 0 Å². The fourth-order valence-corrected chi connectivity index (χ4v) is 0.802. The predicted molar refractivity (Wildman–Crippen MR) is 47.8 cm³/mol. The summed E-state index contributed by atoms with van der Waals surface area (Å²) in [5.41, 5.74) is 0.507. The number of aryl methyl sites for hydroxylation is 2. The second kappa shape index (κ2) is 2.67. The van der Waals surface area contributed by atoms with E-state index < -0.39 is 5.41 Å². The van der Waals surface area contributed by atoms with Gasteiger partial charge in [-0.05, 0) is 27.7 Å². The Morgan fingerprint density at radius 3 is 2.33 bits per heavy atom. The molecule has 0 N–H and O–H groups in total. The molecule has 0 saturated carbocycles. The lowest BCUT2D eigenvalue weighted by Crippen LogP contribution is -2.14. The van der Waals surface area contributed by atoms with Gasteiger partial charge in [0.25, 0.3) is 0 Å². The molecule has 0 aliphatic rings. The van der Waals surface area contributed by atoms with E-state index in [9.17, 15) is 0 Å². The summed E-state index contributed by atoms with van der Waals surface area (Å²) in [6.07, 6.45) is 5.35. The van der Waals surface area contributed by atoms with Crippen LogP contribution in [0.4, 0.5) is 0 Å². The maximum Gasteiger partial charge on any atom is 0.212 e. The first-order valence-corrected chi connectivity index (χ1v) is 3.89. The number of terminal acetylenes is 1. The first kappa shape index (κ1) is 8.86. The fraction of sp³-hybridized carbons (Fsp3) is 0.500. The Labute approximate surface area is 73.0 Å². The molecule has 12 heavy (non-hydrogen) atoms. The second-order valence-corrected chi connectivity index (χ2v) is 3.43. The van der Waals surface area contributed by atoms with Gasteiger partial charge in [0.15, 0.2) is 0 Å². The molecule has 0 aromatic carbocycles. The van der Waals surface area contributed by atoms with E-state index in [1.165, 1.54) is 0 Å². The molecule has 1 rings (SSSR count). The Hall–Kier alpha value is -1.23. The molecule has 1 aromatic rings. The van der Waals surface area contributed by atoms with E-state index in [0.717, 1.165) is 11.5 Å². The average Bonchev–Trinajstić information content (AvgIpc) is 2.33. The zero-order valence-electron chi connectivity index (χ0n) is 7.93. The molecule has 1 aromatic heterocycles. The van der Waals surface area contributed by atoms with Gasteiger partial charge in [-0.1, -0.05) is 5.92 Å². The predicted octanol–water partition coefficient (Wildman–Crippen LogP) is 2.20. The highest BCUT2D eigenvalue weighted by Crippen LogP contribution is 2.22. The molecule has 0 aliphatic carbocycles. The van der Waals surface area contributed by atoms with E-state index in [1.807, 2.05) is 27.7 Å². The van der Waals surface area contributed by atoms with Gasteiger partial charge >= 0.3 is 0 Å². The van der Waals surface area contributed by atoms with Crippen LogP contribution >= 0.6 is 0 Å². The van der Waals surface area contributed by atoms with Crippen LogP contribution in [0.3, 0.4) is 0 Å². The third-order valence-corrected chi connectivity index (χ3v) is 1.92. The van der Waals surface area contributed by atoms with Gasteiger partial charge in [-0.15, -0.1) is 6.42 Å². The molecule has 0 unspecified atom stereocenters. The molecule has 2 heteroatoms. The van der Waals surface area contributed by atoms with Crippen LogP contribution in [0.15, 0.2) is 4.42 Å². The van der Waals surface area contributed by atoms with Crippen molar-refractivity contribution in [3.05, 3.63) is 17.3 Å². The Morgan fingerprint density at radius 1 is 1.42 bits per heavy atom. The van der Waals surface area contributed by atoms with Crippen molar-refractivity contribution < 1.29 is 4.42 Å². The Kier molecular flexibility index (Phi) is 1.97. The number of hydrogen-bond donors (Lipinski definition) is 0. The molecule has 0 spiro atoms. The molecule has 0 aliphatic heterocycles. The minimum atomic E-state index is -0.404. The molecule has 0 saturated heterocycles. The van der Waals surface area contributed by atoms with Gasteiger partial charge in [-0.2, -0.15) is 0 Å². The van der Waals surface area contributed by atoms with E-state index in [0.29, 0.717) is 5.89 Å². The third-order valence-electron chi connectivity index (χ3n) is 1.92. The number of hydrogen-bond acceptors (Lipinski definition) is 2. The normalized spacial score (nSPS) is 11.2. The van der Waals surface area contributed by atoms with Crippen LogP contribution in [0.1, 0.15) is 31.2 Å². The highest BCUT2D eigenvalue weighted by atomic mass is 16.4. The summed E-state index contributed by atoms with van der Waals surface area (Å²) in [4.78, 5) is 4.24. The zero-order valence-corrected chi connectivity index (χ0v) is 7.93. The minimum Gasteiger partial charge on any atom is -0.444 e. The van der Waals surface area contributed by atoms with Crippen molar-refractivity contribution in [3.8, 4) is 12.3 Å². The SMILES string of the molecule is C#CC(C)(C)c1nc(C)c(C)o1. The van der Waals surface area contributed by atoms with E-state index in [2.05, 4.69) is 10.9 Å². The standard InChI is InChI=1S/C10H13NO/c1-6-10(4,5)9-11-7(2)8(3)12-9/h1H,2-5H3. The van der Waals surface area contributed by atoms with Crippen molar-refractivity contribution >= 4 is 0 Å². The number of rotatable bonds is 1.